The van der Waals surface area contributed by atoms with Gasteiger partial charge in [0, 0.05) is 24.3 Å². The summed E-state index contributed by atoms with van der Waals surface area (Å²) in [6.45, 7) is 3.53. The third-order valence-electron chi connectivity index (χ3n) is 4.49. The van der Waals surface area contributed by atoms with Crippen LogP contribution in [0.3, 0.4) is 0 Å². The molecule has 6 heteroatoms. The van der Waals surface area contributed by atoms with Crippen molar-refractivity contribution < 1.29 is 9.18 Å². The minimum Gasteiger partial charge on any atom is -0.325 e. The molecule has 5 nitrogen and oxygen atoms in total. The Kier molecular flexibility index (Phi) is 5.58. The van der Waals surface area contributed by atoms with Crippen LogP contribution >= 0.6 is 0 Å². The largest absolute Gasteiger partial charge is 0.325 e. The molecular weight excluding hydrogens is 319 g/mol. The van der Waals surface area contributed by atoms with Crippen molar-refractivity contribution in [2.24, 2.45) is 0 Å². The average molecular weight is 342 g/mol. The van der Waals surface area contributed by atoms with Gasteiger partial charge in [-0.2, -0.15) is 0 Å². The molecule has 0 bridgehead atoms. The molecule has 1 aromatic heterocycles. The molecule has 2 heterocycles. The number of rotatable bonds is 2. The summed E-state index contributed by atoms with van der Waals surface area (Å²) in [4.78, 5) is 22.5. The Hall–Kier alpha value is -2.50. The van der Waals surface area contributed by atoms with E-state index in [0.29, 0.717) is 11.5 Å². The van der Waals surface area contributed by atoms with Gasteiger partial charge >= 0.3 is 6.03 Å². The number of carbonyl (C=O) groups excluding carboxylic acids is 1. The van der Waals surface area contributed by atoms with Crippen LogP contribution in [0.25, 0.3) is 11.4 Å². The fraction of sp³-hybridized carbons (Fsp3) is 0.421. The van der Waals surface area contributed by atoms with Crippen molar-refractivity contribution in [3.05, 3.63) is 42.0 Å². The van der Waals surface area contributed by atoms with Gasteiger partial charge in [-0.05, 0) is 37.5 Å². The SMILES string of the molecule is Cc1ccc(NC(=O)N2CCCCCCC2)cc1-c1ncc(F)cn1. The van der Waals surface area contributed by atoms with E-state index < -0.39 is 5.82 Å². The minimum atomic E-state index is -0.469. The van der Waals surface area contributed by atoms with Gasteiger partial charge in [-0.15, -0.1) is 0 Å². The van der Waals surface area contributed by atoms with Crippen LogP contribution < -0.4 is 5.32 Å². The van der Waals surface area contributed by atoms with Gasteiger partial charge in [0.1, 0.15) is 0 Å². The van der Waals surface area contributed by atoms with Gasteiger partial charge < -0.3 is 10.2 Å². The first-order valence-electron chi connectivity index (χ1n) is 8.78. The summed E-state index contributed by atoms with van der Waals surface area (Å²) in [6.07, 6.45) is 8.02. The molecule has 3 rings (SSSR count). The highest BCUT2D eigenvalue weighted by molar-refractivity contribution is 5.90. The number of hydrogen-bond acceptors (Lipinski definition) is 3. The molecule has 2 aromatic rings. The molecule has 0 atom stereocenters. The molecule has 1 aromatic carbocycles. The van der Waals surface area contributed by atoms with E-state index in [1.165, 1.54) is 19.3 Å². The number of halogens is 1. The maximum Gasteiger partial charge on any atom is 0.321 e. The number of carbonyl (C=O) groups is 1. The zero-order valence-corrected chi connectivity index (χ0v) is 14.5. The summed E-state index contributed by atoms with van der Waals surface area (Å²) >= 11 is 0. The van der Waals surface area contributed by atoms with E-state index in [-0.39, 0.29) is 6.03 Å². The number of hydrogen-bond donors (Lipinski definition) is 1. The quantitative estimate of drug-likeness (QED) is 0.880. The Bertz CT molecular complexity index is 725. The molecule has 1 saturated heterocycles. The van der Waals surface area contributed by atoms with Crippen molar-refractivity contribution in [2.75, 3.05) is 18.4 Å². The third-order valence-corrected chi connectivity index (χ3v) is 4.49. The normalized spacial score (nSPS) is 15.4. The first-order chi connectivity index (χ1) is 12.1. The average Bonchev–Trinajstić information content (AvgIpc) is 2.57. The first kappa shape index (κ1) is 17.3. The van der Waals surface area contributed by atoms with Crippen molar-refractivity contribution >= 4 is 11.7 Å². The number of anilines is 1. The van der Waals surface area contributed by atoms with Gasteiger partial charge in [0.15, 0.2) is 11.6 Å². The summed E-state index contributed by atoms with van der Waals surface area (Å²) < 4.78 is 13.0. The molecule has 1 fully saturated rings. The van der Waals surface area contributed by atoms with Gasteiger partial charge in [0.05, 0.1) is 12.4 Å². The van der Waals surface area contributed by atoms with Gasteiger partial charge in [0.25, 0.3) is 0 Å². The van der Waals surface area contributed by atoms with Crippen LogP contribution in [-0.2, 0) is 0 Å². The molecule has 0 radical (unpaired) electrons. The van der Waals surface area contributed by atoms with Crippen molar-refractivity contribution in [3.63, 3.8) is 0 Å². The van der Waals surface area contributed by atoms with E-state index in [1.54, 1.807) is 0 Å². The number of nitrogens with zero attached hydrogens (tertiary/aromatic N) is 3. The summed E-state index contributed by atoms with van der Waals surface area (Å²) in [7, 11) is 0. The summed E-state index contributed by atoms with van der Waals surface area (Å²) in [5, 5.41) is 2.97. The number of aryl methyl sites for hydroxylation is 1. The highest BCUT2D eigenvalue weighted by Crippen LogP contribution is 2.24. The molecule has 0 unspecified atom stereocenters. The maximum atomic E-state index is 13.0. The number of amides is 2. The second-order valence-electron chi connectivity index (χ2n) is 6.44. The fourth-order valence-corrected chi connectivity index (χ4v) is 3.05. The van der Waals surface area contributed by atoms with Gasteiger partial charge in [-0.3, -0.25) is 0 Å². The van der Waals surface area contributed by atoms with Crippen molar-refractivity contribution in [2.45, 2.75) is 39.0 Å². The van der Waals surface area contributed by atoms with Crippen LogP contribution in [0, 0.1) is 12.7 Å². The number of likely N-dealkylation sites (tertiary alicyclic amines) is 1. The van der Waals surface area contributed by atoms with E-state index >= 15 is 0 Å². The monoisotopic (exact) mass is 342 g/mol. The van der Waals surface area contributed by atoms with Crippen molar-refractivity contribution in [1.82, 2.24) is 14.9 Å². The van der Waals surface area contributed by atoms with Gasteiger partial charge in [-0.25, -0.2) is 19.2 Å². The fourth-order valence-electron chi connectivity index (χ4n) is 3.05. The Morgan fingerprint density at radius 2 is 1.72 bits per heavy atom. The molecule has 25 heavy (non-hydrogen) atoms. The van der Waals surface area contributed by atoms with Crippen LogP contribution in [0.15, 0.2) is 30.6 Å². The molecule has 1 aliphatic rings. The van der Waals surface area contributed by atoms with Crippen LogP contribution in [0.2, 0.25) is 0 Å². The van der Waals surface area contributed by atoms with E-state index in [4.69, 9.17) is 0 Å². The number of benzene rings is 1. The summed E-state index contributed by atoms with van der Waals surface area (Å²) in [5.41, 5.74) is 2.45. The molecule has 132 valence electrons. The lowest BCUT2D eigenvalue weighted by Gasteiger charge is -2.25. The predicted molar refractivity (Wildman–Crippen MR) is 95.8 cm³/mol. The van der Waals surface area contributed by atoms with Crippen molar-refractivity contribution in [3.8, 4) is 11.4 Å². The van der Waals surface area contributed by atoms with E-state index in [9.17, 15) is 9.18 Å². The second kappa shape index (κ2) is 8.05. The lowest BCUT2D eigenvalue weighted by Crippen LogP contribution is -2.37. The van der Waals surface area contributed by atoms with E-state index in [2.05, 4.69) is 15.3 Å². The smallest absolute Gasteiger partial charge is 0.321 e. The molecule has 2 amide bonds. The molecule has 0 saturated carbocycles. The number of nitrogens with one attached hydrogen (secondary N) is 1. The number of aromatic nitrogens is 2. The summed E-state index contributed by atoms with van der Waals surface area (Å²) in [5.74, 6) is -0.0239. The minimum absolute atomic E-state index is 0.0725. The lowest BCUT2D eigenvalue weighted by molar-refractivity contribution is 0.206. The van der Waals surface area contributed by atoms with Gasteiger partial charge in [-0.1, -0.05) is 25.3 Å². The van der Waals surface area contributed by atoms with Crippen molar-refractivity contribution in [1.29, 1.82) is 0 Å². The van der Waals surface area contributed by atoms with E-state index in [0.717, 1.165) is 49.5 Å². The maximum absolute atomic E-state index is 13.0. The highest BCUT2D eigenvalue weighted by Gasteiger charge is 2.15. The predicted octanol–water partition coefficient (Wildman–Crippen LogP) is 4.39. The zero-order valence-electron chi connectivity index (χ0n) is 14.5. The van der Waals surface area contributed by atoms with Crippen LogP contribution in [0.5, 0.6) is 0 Å². The molecular formula is C19H23FN4O. The highest BCUT2D eigenvalue weighted by atomic mass is 19.1. The lowest BCUT2D eigenvalue weighted by atomic mass is 10.1. The number of urea groups is 1. The Labute approximate surface area is 147 Å². The molecule has 1 N–H and O–H groups in total. The van der Waals surface area contributed by atoms with E-state index in [1.807, 2.05) is 30.0 Å². The molecule has 0 aliphatic carbocycles. The standard InChI is InChI=1S/C19H23FN4O/c1-14-7-8-16(11-17(14)18-21-12-15(20)13-22-18)23-19(25)24-9-5-3-2-4-6-10-24/h7-8,11-13H,2-6,9-10H2,1H3,(H,23,25). The Morgan fingerprint density at radius 3 is 2.40 bits per heavy atom. The van der Waals surface area contributed by atoms with Gasteiger partial charge in [0.2, 0.25) is 0 Å². The molecule has 0 spiro atoms. The second-order valence-corrected chi connectivity index (χ2v) is 6.44. The van der Waals surface area contributed by atoms with Crippen LogP contribution in [0.1, 0.15) is 37.7 Å². The zero-order chi connectivity index (χ0) is 17.6. The van der Waals surface area contributed by atoms with Crippen LogP contribution in [-0.4, -0.2) is 34.0 Å². The Balaban J connectivity index is 1.75. The molecule has 1 aliphatic heterocycles. The topological polar surface area (TPSA) is 58.1 Å². The summed E-state index contributed by atoms with van der Waals surface area (Å²) in [6, 6.07) is 5.54. The Morgan fingerprint density at radius 1 is 1.08 bits per heavy atom. The first-order valence-corrected chi connectivity index (χ1v) is 8.78. The third kappa shape index (κ3) is 4.53. The van der Waals surface area contributed by atoms with Crippen LogP contribution in [0.4, 0.5) is 14.9 Å².